The molecule has 0 aliphatic heterocycles. The van der Waals surface area contributed by atoms with Crippen LogP contribution in [0.5, 0.6) is 0 Å². The predicted octanol–water partition coefficient (Wildman–Crippen LogP) is 3.53. The van der Waals surface area contributed by atoms with Crippen LogP contribution < -0.4 is 5.32 Å². The molecule has 0 spiro atoms. The summed E-state index contributed by atoms with van der Waals surface area (Å²) in [4.78, 5) is 1.31. The second-order valence-electron chi connectivity index (χ2n) is 4.36. The van der Waals surface area contributed by atoms with Crippen molar-refractivity contribution in [1.29, 1.82) is 0 Å². The Hall–Kier alpha value is -0.840. The molecule has 2 aromatic rings. The zero-order valence-electron chi connectivity index (χ0n) is 10.9. The summed E-state index contributed by atoms with van der Waals surface area (Å²) in [6, 6.07) is 2.27. The Bertz CT molecular complexity index is 499. The number of rotatable bonds is 5. The first kappa shape index (κ1) is 13.6. The lowest BCUT2D eigenvalue weighted by molar-refractivity contribution is 0.558. The Kier molecular flexibility index (Phi) is 4.43. The van der Waals surface area contributed by atoms with Gasteiger partial charge < -0.3 is 5.32 Å². The standard InChI is InChI=1S/C13H18ClN3S/c1-4-6-15-11(13-9(2)5-7-18-13)12-10(14)8-16-17(12)3/h5,7-8,11,15H,4,6H2,1-3H3. The van der Waals surface area contributed by atoms with E-state index in [0.717, 1.165) is 23.7 Å². The molecule has 2 heterocycles. The van der Waals surface area contributed by atoms with Gasteiger partial charge in [-0.1, -0.05) is 18.5 Å². The summed E-state index contributed by atoms with van der Waals surface area (Å²) in [7, 11) is 1.94. The fourth-order valence-electron chi connectivity index (χ4n) is 2.03. The van der Waals surface area contributed by atoms with Gasteiger partial charge in [-0.3, -0.25) is 4.68 Å². The van der Waals surface area contributed by atoms with Gasteiger partial charge in [0.05, 0.1) is 23.0 Å². The minimum atomic E-state index is 0.130. The zero-order chi connectivity index (χ0) is 13.1. The number of halogens is 1. The Morgan fingerprint density at radius 3 is 2.83 bits per heavy atom. The van der Waals surface area contributed by atoms with E-state index in [1.807, 2.05) is 11.7 Å². The molecule has 3 nitrogen and oxygen atoms in total. The number of nitrogens with one attached hydrogen (secondary N) is 1. The van der Waals surface area contributed by atoms with E-state index in [0.29, 0.717) is 0 Å². The molecule has 5 heteroatoms. The molecule has 1 atom stereocenters. The highest BCUT2D eigenvalue weighted by Gasteiger charge is 2.22. The van der Waals surface area contributed by atoms with Crippen molar-refractivity contribution in [1.82, 2.24) is 15.1 Å². The molecular weight excluding hydrogens is 266 g/mol. The normalized spacial score (nSPS) is 12.9. The number of hydrogen-bond acceptors (Lipinski definition) is 3. The molecule has 98 valence electrons. The smallest absolute Gasteiger partial charge is 0.0859 e. The zero-order valence-corrected chi connectivity index (χ0v) is 12.5. The highest BCUT2D eigenvalue weighted by molar-refractivity contribution is 7.10. The van der Waals surface area contributed by atoms with E-state index < -0.39 is 0 Å². The fraction of sp³-hybridized carbons (Fsp3) is 0.462. The van der Waals surface area contributed by atoms with Gasteiger partial charge in [0.25, 0.3) is 0 Å². The molecule has 18 heavy (non-hydrogen) atoms. The maximum atomic E-state index is 6.27. The fourth-order valence-corrected chi connectivity index (χ4v) is 3.31. The summed E-state index contributed by atoms with van der Waals surface area (Å²) in [5.41, 5.74) is 2.33. The molecule has 0 fully saturated rings. The van der Waals surface area contributed by atoms with Crippen molar-refractivity contribution in [2.24, 2.45) is 7.05 Å². The minimum Gasteiger partial charge on any atom is -0.304 e. The first-order chi connectivity index (χ1) is 8.65. The third kappa shape index (κ3) is 2.60. The molecular formula is C13H18ClN3S. The monoisotopic (exact) mass is 283 g/mol. The molecule has 0 amide bonds. The molecule has 0 saturated heterocycles. The molecule has 0 aromatic carbocycles. The minimum absolute atomic E-state index is 0.130. The van der Waals surface area contributed by atoms with Crippen LogP contribution in [0.25, 0.3) is 0 Å². The summed E-state index contributed by atoms with van der Waals surface area (Å²) in [5, 5.41) is 10.6. The quantitative estimate of drug-likeness (QED) is 0.910. The van der Waals surface area contributed by atoms with Crippen molar-refractivity contribution < 1.29 is 0 Å². The van der Waals surface area contributed by atoms with Crippen LogP contribution in [0.4, 0.5) is 0 Å². The van der Waals surface area contributed by atoms with Gasteiger partial charge in [0.15, 0.2) is 0 Å². The van der Waals surface area contributed by atoms with E-state index in [9.17, 15) is 0 Å². The summed E-state index contributed by atoms with van der Waals surface area (Å²) < 4.78 is 1.86. The third-order valence-corrected chi connectivity index (χ3v) is 4.35. The molecule has 0 radical (unpaired) electrons. The van der Waals surface area contributed by atoms with Gasteiger partial charge in [-0.05, 0) is 36.9 Å². The average Bonchev–Trinajstić information content (AvgIpc) is 2.90. The van der Waals surface area contributed by atoms with Gasteiger partial charge in [0.2, 0.25) is 0 Å². The highest BCUT2D eigenvalue weighted by Crippen LogP contribution is 2.32. The van der Waals surface area contributed by atoms with E-state index in [2.05, 4.69) is 35.7 Å². The Labute approximate surface area is 117 Å². The van der Waals surface area contributed by atoms with Crippen LogP contribution in [0.3, 0.4) is 0 Å². The Morgan fingerprint density at radius 1 is 1.56 bits per heavy atom. The predicted molar refractivity (Wildman–Crippen MR) is 77.4 cm³/mol. The van der Waals surface area contributed by atoms with E-state index in [4.69, 9.17) is 11.6 Å². The Morgan fingerprint density at radius 2 is 2.33 bits per heavy atom. The maximum absolute atomic E-state index is 6.27. The lowest BCUT2D eigenvalue weighted by Gasteiger charge is -2.19. The second kappa shape index (κ2) is 5.87. The van der Waals surface area contributed by atoms with Gasteiger partial charge >= 0.3 is 0 Å². The van der Waals surface area contributed by atoms with Crippen LogP contribution in [0.1, 0.15) is 35.5 Å². The van der Waals surface area contributed by atoms with Crippen LogP contribution in [-0.4, -0.2) is 16.3 Å². The van der Waals surface area contributed by atoms with E-state index in [-0.39, 0.29) is 6.04 Å². The number of thiophene rings is 1. The maximum Gasteiger partial charge on any atom is 0.0859 e. The van der Waals surface area contributed by atoms with Crippen molar-refractivity contribution in [3.63, 3.8) is 0 Å². The molecule has 1 unspecified atom stereocenters. The van der Waals surface area contributed by atoms with Crippen LogP contribution >= 0.6 is 22.9 Å². The van der Waals surface area contributed by atoms with Crippen molar-refractivity contribution in [3.8, 4) is 0 Å². The molecule has 2 aromatic heterocycles. The molecule has 0 aliphatic carbocycles. The molecule has 0 saturated carbocycles. The first-order valence-corrected chi connectivity index (χ1v) is 7.35. The summed E-state index contributed by atoms with van der Waals surface area (Å²) in [6.45, 7) is 5.26. The SMILES string of the molecule is CCCNC(c1sccc1C)c1c(Cl)cnn1C. The lowest BCUT2D eigenvalue weighted by Crippen LogP contribution is -2.25. The number of aryl methyl sites for hydroxylation is 2. The van der Waals surface area contributed by atoms with Crippen molar-refractivity contribution in [2.45, 2.75) is 26.3 Å². The topological polar surface area (TPSA) is 29.9 Å². The van der Waals surface area contributed by atoms with Crippen LogP contribution in [0.15, 0.2) is 17.6 Å². The highest BCUT2D eigenvalue weighted by atomic mass is 35.5. The van der Waals surface area contributed by atoms with E-state index >= 15 is 0 Å². The van der Waals surface area contributed by atoms with Crippen LogP contribution in [0.2, 0.25) is 5.02 Å². The lowest BCUT2D eigenvalue weighted by atomic mass is 10.1. The largest absolute Gasteiger partial charge is 0.304 e. The second-order valence-corrected chi connectivity index (χ2v) is 5.71. The van der Waals surface area contributed by atoms with Crippen molar-refractivity contribution in [3.05, 3.63) is 38.8 Å². The van der Waals surface area contributed by atoms with Crippen molar-refractivity contribution >= 4 is 22.9 Å². The van der Waals surface area contributed by atoms with Gasteiger partial charge in [-0.25, -0.2) is 0 Å². The van der Waals surface area contributed by atoms with Crippen LogP contribution in [-0.2, 0) is 7.05 Å². The molecule has 0 aliphatic rings. The summed E-state index contributed by atoms with van der Waals surface area (Å²) >= 11 is 8.03. The Balaban J connectivity index is 2.40. The third-order valence-electron chi connectivity index (χ3n) is 2.97. The van der Waals surface area contributed by atoms with E-state index in [1.54, 1.807) is 17.5 Å². The molecule has 0 bridgehead atoms. The molecule has 2 rings (SSSR count). The first-order valence-electron chi connectivity index (χ1n) is 6.10. The van der Waals surface area contributed by atoms with Gasteiger partial charge in [0, 0.05) is 11.9 Å². The summed E-state index contributed by atoms with van der Waals surface area (Å²) in [5.74, 6) is 0. The van der Waals surface area contributed by atoms with Gasteiger partial charge in [-0.2, -0.15) is 5.10 Å². The average molecular weight is 284 g/mol. The number of nitrogens with zero attached hydrogens (tertiary/aromatic N) is 2. The van der Waals surface area contributed by atoms with Gasteiger partial charge in [0.1, 0.15) is 0 Å². The molecule has 1 N–H and O–H groups in total. The number of hydrogen-bond donors (Lipinski definition) is 1. The van der Waals surface area contributed by atoms with Crippen molar-refractivity contribution in [2.75, 3.05) is 6.54 Å². The number of aromatic nitrogens is 2. The van der Waals surface area contributed by atoms with Crippen LogP contribution in [0, 0.1) is 6.92 Å². The van der Waals surface area contributed by atoms with E-state index in [1.165, 1.54) is 10.4 Å². The van der Waals surface area contributed by atoms with Gasteiger partial charge in [-0.15, -0.1) is 11.3 Å². The summed E-state index contributed by atoms with van der Waals surface area (Å²) in [6.07, 6.45) is 2.80.